The van der Waals surface area contributed by atoms with E-state index >= 15 is 0 Å². The normalized spacial score (nSPS) is 22.9. The van der Waals surface area contributed by atoms with Crippen molar-refractivity contribution in [2.75, 3.05) is 11.9 Å². The smallest absolute Gasteiger partial charge is 0.322 e. The van der Waals surface area contributed by atoms with E-state index in [0.717, 1.165) is 0 Å². The number of β-amino-alcohol motifs (C(OH)–C–C–N with tert-alkyl or cyclic N) is 1. The van der Waals surface area contributed by atoms with Gasteiger partial charge in [-0.2, -0.15) is 0 Å². The van der Waals surface area contributed by atoms with E-state index in [9.17, 15) is 9.90 Å². The average Bonchev–Trinajstić information content (AvgIpc) is 2.73. The van der Waals surface area contributed by atoms with Crippen LogP contribution in [0.25, 0.3) is 0 Å². The molecule has 0 radical (unpaired) electrons. The molecule has 0 unspecified atom stereocenters. The summed E-state index contributed by atoms with van der Waals surface area (Å²) < 4.78 is 0. The van der Waals surface area contributed by atoms with Crippen LogP contribution in [0.4, 0.5) is 10.5 Å². The number of anilines is 1. The highest BCUT2D eigenvalue weighted by Crippen LogP contribution is 2.20. The standard InChI is InChI=1S/C13H15ClN2O2/c1-2-11-7-12(17)8-16(11)13(18)15-10-5-3-9(14)4-6-10/h2-6,11-12,17H,1,7-8H2,(H,15,18)/t11-,12+/m0/s1. The van der Waals surface area contributed by atoms with Crippen LogP contribution in [-0.4, -0.2) is 34.7 Å². The monoisotopic (exact) mass is 266 g/mol. The van der Waals surface area contributed by atoms with E-state index < -0.39 is 6.10 Å². The summed E-state index contributed by atoms with van der Waals surface area (Å²) in [5, 5.41) is 13.0. The molecule has 2 rings (SSSR count). The molecule has 5 heteroatoms. The van der Waals surface area contributed by atoms with Crippen LogP contribution in [0.3, 0.4) is 0 Å². The number of carbonyl (C=O) groups is 1. The number of hydrogen-bond donors (Lipinski definition) is 2. The summed E-state index contributed by atoms with van der Waals surface area (Å²) in [6, 6.07) is 6.53. The number of nitrogens with zero attached hydrogens (tertiary/aromatic N) is 1. The van der Waals surface area contributed by atoms with E-state index in [0.29, 0.717) is 23.7 Å². The molecule has 1 aromatic rings. The lowest BCUT2D eigenvalue weighted by Gasteiger charge is -2.22. The molecule has 1 aliphatic rings. The Labute approximate surface area is 111 Å². The quantitative estimate of drug-likeness (QED) is 0.808. The molecule has 2 N–H and O–H groups in total. The van der Waals surface area contributed by atoms with Crippen molar-refractivity contribution >= 4 is 23.3 Å². The Morgan fingerprint density at radius 1 is 1.50 bits per heavy atom. The molecule has 2 atom stereocenters. The predicted molar refractivity (Wildman–Crippen MR) is 71.8 cm³/mol. The number of halogens is 1. The number of rotatable bonds is 2. The van der Waals surface area contributed by atoms with Crippen molar-refractivity contribution in [2.45, 2.75) is 18.6 Å². The molecular weight excluding hydrogens is 252 g/mol. The van der Waals surface area contributed by atoms with Gasteiger partial charge in [-0.05, 0) is 30.7 Å². The molecule has 1 aliphatic heterocycles. The Hall–Kier alpha value is -1.52. The number of aliphatic hydroxyl groups is 1. The third-order valence-electron chi connectivity index (χ3n) is 2.95. The number of aliphatic hydroxyl groups excluding tert-OH is 1. The Morgan fingerprint density at radius 3 is 2.78 bits per heavy atom. The summed E-state index contributed by atoms with van der Waals surface area (Å²) in [7, 11) is 0. The van der Waals surface area contributed by atoms with Crippen LogP contribution in [0.2, 0.25) is 5.02 Å². The van der Waals surface area contributed by atoms with Crippen molar-refractivity contribution in [1.82, 2.24) is 4.90 Å². The molecule has 0 bridgehead atoms. The molecule has 1 saturated heterocycles. The molecule has 18 heavy (non-hydrogen) atoms. The topological polar surface area (TPSA) is 52.6 Å². The van der Waals surface area contributed by atoms with E-state index in [-0.39, 0.29) is 12.1 Å². The summed E-state index contributed by atoms with van der Waals surface area (Å²) >= 11 is 5.77. The van der Waals surface area contributed by atoms with Crippen LogP contribution in [0.1, 0.15) is 6.42 Å². The predicted octanol–water partition coefficient (Wildman–Crippen LogP) is 2.49. The molecule has 0 spiro atoms. The van der Waals surface area contributed by atoms with Gasteiger partial charge in [-0.3, -0.25) is 0 Å². The summed E-state index contributed by atoms with van der Waals surface area (Å²) in [4.78, 5) is 13.6. The first-order valence-corrected chi connectivity index (χ1v) is 6.11. The summed E-state index contributed by atoms with van der Waals surface area (Å²) in [5.41, 5.74) is 0.675. The van der Waals surface area contributed by atoms with E-state index in [4.69, 9.17) is 11.6 Å². The lowest BCUT2D eigenvalue weighted by atomic mass is 10.2. The number of hydrogen-bond acceptors (Lipinski definition) is 2. The largest absolute Gasteiger partial charge is 0.391 e. The average molecular weight is 267 g/mol. The van der Waals surface area contributed by atoms with Crippen LogP contribution < -0.4 is 5.32 Å². The van der Waals surface area contributed by atoms with Crippen molar-refractivity contribution in [3.05, 3.63) is 41.9 Å². The van der Waals surface area contributed by atoms with Crippen molar-refractivity contribution < 1.29 is 9.90 Å². The molecule has 1 heterocycles. The van der Waals surface area contributed by atoms with Crippen LogP contribution in [0.15, 0.2) is 36.9 Å². The Morgan fingerprint density at radius 2 is 2.17 bits per heavy atom. The highest BCUT2D eigenvalue weighted by Gasteiger charge is 2.32. The van der Waals surface area contributed by atoms with Gasteiger partial charge in [0.05, 0.1) is 12.1 Å². The van der Waals surface area contributed by atoms with Gasteiger partial charge in [0.2, 0.25) is 0 Å². The zero-order valence-electron chi connectivity index (χ0n) is 9.84. The first-order valence-electron chi connectivity index (χ1n) is 5.74. The second kappa shape index (κ2) is 5.42. The molecule has 0 saturated carbocycles. The minimum atomic E-state index is -0.482. The number of carbonyl (C=O) groups excluding carboxylic acids is 1. The van der Waals surface area contributed by atoms with Crippen molar-refractivity contribution in [3.63, 3.8) is 0 Å². The zero-order chi connectivity index (χ0) is 13.1. The maximum absolute atomic E-state index is 12.0. The lowest BCUT2D eigenvalue weighted by Crippen LogP contribution is -2.38. The van der Waals surface area contributed by atoms with Gasteiger partial charge in [0.25, 0.3) is 0 Å². The van der Waals surface area contributed by atoms with Crippen LogP contribution in [0, 0.1) is 0 Å². The fraction of sp³-hybridized carbons (Fsp3) is 0.308. The first-order chi connectivity index (χ1) is 8.60. The van der Waals surface area contributed by atoms with Gasteiger partial charge in [-0.25, -0.2) is 4.79 Å². The second-order valence-corrected chi connectivity index (χ2v) is 4.72. The van der Waals surface area contributed by atoms with Crippen molar-refractivity contribution in [1.29, 1.82) is 0 Å². The Bertz CT molecular complexity index is 447. The fourth-order valence-electron chi connectivity index (χ4n) is 2.03. The van der Waals surface area contributed by atoms with E-state index in [1.807, 2.05) is 0 Å². The zero-order valence-corrected chi connectivity index (χ0v) is 10.6. The highest BCUT2D eigenvalue weighted by molar-refractivity contribution is 6.30. The molecule has 96 valence electrons. The number of amides is 2. The van der Waals surface area contributed by atoms with Gasteiger partial charge in [-0.1, -0.05) is 17.7 Å². The van der Waals surface area contributed by atoms with E-state index in [1.54, 1.807) is 35.2 Å². The van der Waals surface area contributed by atoms with E-state index in [2.05, 4.69) is 11.9 Å². The minimum Gasteiger partial charge on any atom is -0.391 e. The number of urea groups is 1. The van der Waals surface area contributed by atoms with Gasteiger partial charge in [0, 0.05) is 17.3 Å². The molecule has 1 fully saturated rings. The molecule has 2 amide bonds. The Kier molecular flexibility index (Phi) is 3.89. The van der Waals surface area contributed by atoms with Gasteiger partial charge < -0.3 is 15.3 Å². The SMILES string of the molecule is C=C[C@H]1C[C@@H](O)CN1C(=O)Nc1ccc(Cl)cc1. The molecule has 0 aromatic heterocycles. The van der Waals surface area contributed by atoms with E-state index in [1.165, 1.54) is 0 Å². The third-order valence-corrected chi connectivity index (χ3v) is 3.20. The fourth-order valence-corrected chi connectivity index (χ4v) is 2.15. The maximum Gasteiger partial charge on any atom is 0.322 e. The highest BCUT2D eigenvalue weighted by atomic mass is 35.5. The molecular formula is C13H15ClN2O2. The number of benzene rings is 1. The van der Waals surface area contributed by atoms with Gasteiger partial charge in [-0.15, -0.1) is 6.58 Å². The van der Waals surface area contributed by atoms with Crippen LogP contribution in [-0.2, 0) is 0 Å². The number of nitrogens with one attached hydrogen (secondary N) is 1. The van der Waals surface area contributed by atoms with Gasteiger partial charge >= 0.3 is 6.03 Å². The number of likely N-dealkylation sites (tertiary alicyclic amines) is 1. The molecule has 0 aliphatic carbocycles. The van der Waals surface area contributed by atoms with Crippen LogP contribution >= 0.6 is 11.6 Å². The third kappa shape index (κ3) is 2.83. The van der Waals surface area contributed by atoms with Crippen molar-refractivity contribution in [3.8, 4) is 0 Å². The van der Waals surface area contributed by atoms with Gasteiger partial charge in [0.15, 0.2) is 0 Å². The first kappa shape index (κ1) is 12.9. The minimum absolute atomic E-state index is 0.118. The lowest BCUT2D eigenvalue weighted by molar-refractivity contribution is 0.176. The summed E-state index contributed by atoms with van der Waals surface area (Å²) in [6.45, 7) is 4.01. The second-order valence-electron chi connectivity index (χ2n) is 4.28. The Balaban J connectivity index is 2.03. The van der Waals surface area contributed by atoms with Crippen molar-refractivity contribution in [2.24, 2.45) is 0 Å². The summed E-state index contributed by atoms with van der Waals surface area (Å²) in [5.74, 6) is 0. The van der Waals surface area contributed by atoms with Crippen LogP contribution in [0.5, 0.6) is 0 Å². The van der Waals surface area contributed by atoms with Gasteiger partial charge in [0.1, 0.15) is 0 Å². The summed E-state index contributed by atoms with van der Waals surface area (Å²) in [6.07, 6.45) is 1.74. The molecule has 1 aromatic carbocycles. The maximum atomic E-state index is 12.0. The molecule has 4 nitrogen and oxygen atoms in total.